The molecule has 1 amide bonds. The van der Waals surface area contributed by atoms with Crippen molar-refractivity contribution in [1.82, 2.24) is 0 Å². The van der Waals surface area contributed by atoms with Crippen LogP contribution in [0.5, 0.6) is 0 Å². The molecule has 0 aliphatic carbocycles. The Morgan fingerprint density at radius 2 is 2.09 bits per heavy atom. The van der Waals surface area contributed by atoms with Gasteiger partial charge in [-0.2, -0.15) is 0 Å². The smallest absolute Gasteiger partial charge is 0.248 e. The molecule has 0 saturated carbocycles. The van der Waals surface area contributed by atoms with Crippen LogP contribution in [-0.2, 0) is 9.53 Å². The number of anilines is 2. The molecule has 2 heterocycles. The molecule has 0 unspecified atom stereocenters. The second-order valence-electron chi connectivity index (χ2n) is 5.15. The van der Waals surface area contributed by atoms with Crippen molar-refractivity contribution < 1.29 is 13.9 Å². The maximum atomic E-state index is 11.8. The topological polar surface area (TPSA) is 54.7 Å². The Morgan fingerprint density at radius 3 is 2.73 bits per heavy atom. The van der Waals surface area contributed by atoms with Crippen LogP contribution >= 0.6 is 0 Å². The molecule has 5 heteroatoms. The summed E-state index contributed by atoms with van der Waals surface area (Å²) in [5, 5.41) is 2.82. The lowest BCUT2D eigenvalue weighted by Crippen LogP contribution is -2.51. The molecule has 1 N–H and O–H groups in total. The molecule has 2 aromatic rings. The lowest BCUT2D eigenvalue weighted by molar-refractivity contribution is -0.111. The van der Waals surface area contributed by atoms with E-state index in [0.717, 1.165) is 24.5 Å². The van der Waals surface area contributed by atoms with E-state index in [9.17, 15) is 4.79 Å². The van der Waals surface area contributed by atoms with Gasteiger partial charge in [0.2, 0.25) is 5.91 Å². The largest absolute Gasteiger partial charge is 0.465 e. The van der Waals surface area contributed by atoms with Crippen LogP contribution in [0.25, 0.3) is 6.08 Å². The maximum absolute atomic E-state index is 11.8. The molecule has 1 aromatic carbocycles. The normalized spacial score (nSPS) is 15.0. The van der Waals surface area contributed by atoms with Crippen molar-refractivity contribution in [2.75, 3.05) is 30.4 Å². The van der Waals surface area contributed by atoms with Gasteiger partial charge < -0.3 is 19.4 Å². The minimum Gasteiger partial charge on any atom is -0.465 e. The molecule has 1 saturated heterocycles. The predicted octanol–water partition coefficient (Wildman–Crippen LogP) is 2.77. The van der Waals surface area contributed by atoms with Crippen molar-refractivity contribution in [2.24, 2.45) is 0 Å². The number of rotatable bonds is 5. The highest BCUT2D eigenvalue weighted by atomic mass is 16.5. The summed E-state index contributed by atoms with van der Waals surface area (Å²) in [7, 11) is 1.73. The third kappa shape index (κ3) is 3.38. The second kappa shape index (κ2) is 6.49. The van der Waals surface area contributed by atoms with Crippen molar-refractivity contribution >= 4 is 23.4 Å². The Hall–Kier alpha value is -2.53. The molecule has 1 aromatic heterocycles. The first-order valence-electron chi connectivity index (χ1n) is 7.15. The first kappa shape index (κ1) is 14.4. The van der Waals surface area contributed by atoms with Gasteiger partial charge in [-0.15, -0.1) is 0 Å². The molecular formula is C17H18N2O3. The van der Waals surface area contributed by atoms with Gasteiger partial charge in [0.1, 0.15) is 5.76 Å². The van der Waals surface area contributed by atoms with E-state index < -0.39 is 0 Å². The van der Waals surface area contributed by atoms with Gasteiger partial charge in [0.05, 0.1) is 12.4 Å². The standard InChI is InChI=1S/C17H18N2O3/c1-21-16-11-19(12-16)14-6-4-13(5-7-14)18-17(20)9-8-15-3-2-10-22-15/h2-10,16H,11-12H2,1H3,(H,18,20)/b9-8+. The van der Waals surface area contributed by atoms with Gasteiger partial charge in [-0.1, -0.05) is 0 Å². The second-order valence-corrected chi connectivity index (χ2v) is 5.15. The number of amides is 1. The third-order valence-corrected chi connectivity index (χ3v) is 3.62. The van der Waals surface area contributed by atoms with Crippen molar-refractivity contribution in [2.45, 2.75) is 6.10 Å². The first-order valence-corrected chi connectivity index (χ1v) is 7.15. The number of carbonyl (C=O) groups is 1. The molecule has 0 atom stereocenters. The third-order valence-electron chi connectivity index (χ3n) is 3.62. The molecular weight excluding hydrogens is 280 g/mol. The number of nitrogens with zero attached hydrogens (tertiary/aromatic N) is 1. The molecule has 0 radical (unpaired) electrons. The highest BCUT2D eigenvalue weighted by Gasteiger charge is 2.26. The zero-order valence-corrected chi connectivity index (χ0v) is 12.4. The summed E-state index contributed by atoms with van der Waals surface area (Å²) >= 11 is 0. The highest BCUT2D eigenvalue weighted by Crippen LogP contribution is 2.23. The van der Waals surface area contributed by atoms with Crippen molar-refractivity contribution in [3.63, 3.8) is 0 Å². The summed E-state index contributed by atoms with van der Waals surface area (Å²) in [6, 6.07) is 11.4. The zero-order chi connectivity index (χ0) is 15.4. The van der Waals surface area contributed by atoms with Crippen molar-refractivity contribution in [3.05, 3.63) is 54.5 Å². The van der Waals surface area contributed by atoms with E-state index in [1.165, 1.54) is 6.08 Å². The van der Waals surface area contributed by atoms with E-state index in [2.05, 4.69) is 10.2 Å². The Kier molecular flexibility index (Phi) is 4.25. The minimum absolute atomic E-state index is 0.187. The summed E-state index contributed by atoms with van der Waals surface area (Å²) in [4.78, 5) is 14.0. The number of methoxy groups -OCH3 is 1. The maximum Gasteiger partial charge on any atom is 0.248 e. The molecule has 1 fully saturated rings. The molecule has 5 nitrogen and oxygen atoms in total. The molecule has 22 heavy (non-hydrogen) atoms. The SMILES string of the molecule is COC1CN(c2ccc(NC(=O)/C=C/c3ccco3)cc2)C1. The monoisotopic (exact) mass is 298 g/mol. The number of ether oxygens (including phenoxy) is 1. The van der Waals surface area contributed by atoms with Crippen LogP contribution in [0.3, 0.4) is 0 Å². The van der Waals surface area contributed by atoms with Gasteiger partial charge in [0.15, 0.2) is 0 Å². The summed E-state index contributed by atoms with van der Waals surface area (Å²) < 4.78 is 10.4. The molecule has 1 aliphatic rings. The van der Waals surface area contributed by atoms with Gasteiger partial charge in [-0.25, -0.2) is 0 Å². The number of carbonyl (C=O) groups excluding carboxylic acids is 1. The molecule has 114 valence electrons. The summed E-state index contributed by atoms with van der Waals surface area (Å²) in [6.07, 6.45) is 4.98. The van der Waals surface area contributed by atoms with Gasteiger partial charge in [-0.3, -0.25) is 4.79 Å². The number of benzene rings is 1. The molecule has 0 bridgehead atoms. The summed E-state index contributed by atoms with van der Waals surface area (Å²) in [6.45, 7) is 1.82. The lowest BCUT2D eigenvalue weighted by Gasteiger charge is -2.40. The van der Waals surface area contributed by atoms with E-state index in [-0.39, 0.29) is 5.91 Å². The van der Waals surface area contributed by atoms with Crippen molar-refractivity contribution in [1.29, 1.82) is 0 Å². The van der Waals surface area contributed by atoms with Crippen LogP contribution in [0, 0.1) is 0 Å². The Labute approximate surface area is 129 Å². The quantitative estimate of drug-likeness (QED) is 0.862. The van der Waals surface area contributed by atoms with Crippen LogP contribution in [0.1, 0.15) is 5.76 Å². The molecule has 0 spiro atoms. The van der Waals surface area contributed by atoms with Crippen LogP contribution in [0.15, 0.2) is 53.2 Å². The fourth-order valence-corrected chi connectivity index (χ4v) is 2.28. The summed E-state index contributed by atoms with van der Waals surface area (Å²) in [5.41, 5.74) is 1.90. The molecule has 1 aliphatic heterocycles. The fourth-order valence-electron chi connectivity index (χ4n) is 2.28. The summed E-state index contributed by atoms with van der Waals surface area (Å²) in [5.74, 6) is 0.462. The number of furan rings is 1. The average Bonchev–Trinajstić information content (AvgIpc) is 2.99. The Morgan fingerprint density at radius 1 is 1.32 bits per heavy atom. The highest BCUT2D eigenvalue weighted by molar-refractivity contribution is 6.01. The zero-order valence-electron chi connectivity index (χ0n) is 12.4. The lowest BCUT2D eigenvalue weighted by atomic mass is 10.1. The predicted molar refractivity (Wildman–Crippen MR) is 85.8 cm³/mol. The first-order chi connectivity index (χ1) is 10.7. The van der Waals surface area contributed by atoms with Crippen LogP contribution in [0.2, 0.25) is 0 Å². The molecule has 3 rings (SSSR count). The van der Waals surface area contributed by atoms with Crippen LogP contribution in [-0.4, -0.2) is 32.2 Å². The van der Waals surface area contributed by atoms with E-state index in [0.29, 0.717) is 11.9 Å². The average molecular weight is 298 g/mol. The van der Waals surface area contributed by atoms with Gasteiger partial charge in [-0.05, 0) is 42.5 Å². The Bertz CT molecular complexity index is 641. The van der Waals surface area contributed by atoms with E-state index >= 15 is 0 Å². The van der Waals surface area contributed by atoms with E-state index in [4.69, 9.17) is 9.15 Å². The minimum atomic E-state index is -0.187. The number of hydrogen-bond acceptors (Lipinski definition) is 4. The van der Waals surface area contributed by atoms with Crippen molar-refractivity contribution in [3.8, 4) is 0 Å². The number of hydrogen-bond donors (Lipinski definition) is 1. The van der Waals surface area contributed by atoms with Gasteiger partial charge >= 0.3 is 0 Å². The van der Waals surface area contributed by atoms with E-state index in [1.54, 1.807) is 31.6 Å². The number of nitrogens with one attached hydrogen (secondary N) is 1. The van der Waals surface area contributed by atoms with Crippen LogP contribution < -0.4 is 10.2 Å². The Balaban J connectivity index is 1.53. The van der Waals surface area contributed by atoms with Gasteiger partial charge in [0, 0.05) is 37.7 Å². The van der Waals surface area contributed by atoms with E-state index in [1.807, 2.05) is 24.3 Å². The van der Waals surface area contributed by atoms with Crippen LogP contribution in [0.4, 0.5) is 11.4 Å². The van der Waals surface area contributed by atoms with Gasteiger partial charge in [0.25, 0.3) is 0 Å². The fraction of sp³-hybridized carbons (Fsp3) is 0.235.